The van der Waals surface area contributed by atoms with E-state index in [4.69, 9.17) is 47.4 Å². The molecule has 488 valence electrons. The molecule has 85 heavy (non-hydrogen) atoms. The zero-order chi connectivity index (χ0) is 62.2. The van der Waals surface area contributed by atoms with Gasteiger partial charge in [0.2, 0.25) is 0 Å². The SMILES string of the molecule is C[C@@H]1O[C@@H](O[C@H]2[C@H](O[C@H]3[C@H](O[C@H]4CC[C@]5(C)[C@H]6CC=C7[C@@H]8CC(C)(C)C[C@@H](O[C@@H]9OC[C@@H](O)[C@H](O)[C@H]9O)[C@]8(C)CC[C@@]7(C)[C@]6(C)CC[C@H]5C4(C)C)O[C@H](C(=O)O)[C@@H](O)[C@@H]3O)O[C@H](CO)[C@H](O)[C@@H]2O[C@@H]2O[C@H](CO)[C@@H](O)[C@H](O)[C@H]2O)[C@H](O)[C@H](O)[C@H]1O. The first-order valence-electron chi connectivity index (χ1n) is 30.5. The smallest absolute Gasteiger partial charge is 0.335 e. The molecule has 10 aliphatic rings. The van der Waals surface area contributed by atoms with Crippen molar-refractivity contribution >= 4 is 5.97 Å². The lowest BCUT2D eigenvalue weighted by molar-refractivity contribution is -0.410. The molecule has 15 N–H and O–H groups in total. The number of ether oxygens (including phenoxy) is 10. The van der Waals surface area contributed by atoms with Crippen molar-refractivity contribution in [2.45, 2.75) is 280 Å². The molecule has 0 aromatic rings. The highest BCUT2D eigenvalue weighted by Crippen LogP contribution is 2.76. The van der Waals surface area contributed by atoms with Crippen molar-refractivity contribution in [3.8, 4) is 0 Å². The Morgan fingerprint density at radius 1 is 0.529 bits per heavy atom. The number of fused-ring (bicyclic) bond motifs is 7. The summed E-state index contributed by atoms with van der Waals surface area (Å²) >= 11 is 0. The normalized spacial score (nSPS) is 55.0. The molecule has 0 bridgehead atoms. The van der Waals surface area contributed by atoms with E-state index in [2.05, 4.69) is 61.5 Å². The van der Waals surface area contributed by atoms with Gasteiger partial charge in [-0.2, -0.15) is 0 Å². The molecule has 0 aromatic carbocycles. The summed E-state index contributed by atoms with van der Waals surface area (Å²) in [5.41, 5.74) is -0.325. The summed E-state index contributed by atoms with van der Waals surface area (Å²) in [7, 11) is 0. The van der Waals surface area contributed by atoms with Crippen LogP contribution in [0.2, 0.25) is 0 Å². The first-order valence-corrected chi connectivity index (χ1v) is 30.5. The lowest BCUT2D eigenvalue weighted by Gasteiger charge is -2.72. The van der Waals surface area contributed by atoms with Crippen LogP contribution in [0.3, 0.4) is 0 Å². The van der Waals surface area contributed by atoms with Crippen molar-refractivity contribution in [3.05, 3.63) is 11.6 Å². The Hall–Kier alpha value is -1.75. The summed E-state index contributed by atoms with van der Waals surface area (Å²) in [5, 5.41) is 163. The van der Waals surface area contributed by atoms with E-state index in [1.807, 2.05) is 0 Å². The van der Waals surface area contributed by atoms with Gasteiger partial charge in [0.05, 0.1) is 38.1 Å². The molecule has 5 aliphatic heterocycles. The number of aliphatic hydroxyl groups excluding tert-OH is 14. The van der Waals surface area contributed by atoms with Crippen molar-refractivity contribution < 1.29 is 129 Å². The Balaban J connectivity index is 0.927. The van der Waals surface area contributed by atoms with Gasteiger partial charge in [-0.15, -0.1) is 0 Å². The van der Waals surface area contributed by atoms with Crippen molar-refractivity contribution in [3.63, 3.8) is 0 Å². The van der Waals surface area contributed by atoms with E-state index in [9.17, 15) is 81.4 Å². The lowest BCUT2D eigenvalue weighted by Crippen LogP contribution is -2.69. The van der Waals surface area contributed by atoms with Crippen molar-refractivity contribution in [2.24, 2.45) is 50.2 Å². The Morgan fingerprint density at radius 3 is 1.76 bits per heavy atom. The Morgan fingerprint density at radius 2 is 1.11 bits per heavy atom. The number of carbonyl (C=O) groups is 1. The van der Waals surface area contributed by atoms with Gasteiger partial charge in [-0.05, 0) is 110 Å². The fraction of sp³-hybridized carbons (Fsp3) is 0.949. The summed E-state index contributed by atoms with van der Waals surface area (Å²) < 4.78 is 61.7. The molecule has 0 aromatic heterocycles. The van der Waals surface area contributed by atoms with Crippen LogP contribution in [0.5, 0.6) is 0 Å². The second-order valence-corrected chi connectivity index (χ2v) is 28.9. The average molecular weight is 1220 g/mol. The van der Waals surface area contributed by atoms with E-state index < -0.39 is 178 Å². The monoisotopic (exact) mass is 1220 g/mol. The molecule has 0 unspecified atom stereocenters. The van der Waals surface area contributed by atoms with Gasteiger partial charge in [-0.1, -0.05) is 67.0 Å². The fourth-order valence-corrected chi connectivity index (χ4v) is 17.8. The molecule has 9 fully saturated rings. The topological polar surface area (TPSA) is 413 Å². The highest BCUT2D eigenvalue weighted by atomic mass is 16.8. The number of aliphatic carboxylic acids is 1. The predicted octanol–water partition coefficient (Wildman–Crippen LogP) is -1.98. The summed E-state index contributed by atoms with van der Waals surface area (Å²) in [4.78, 5) is 12.8. The van der Waals surface area contributed by atoms with E-state index in [1.54, 1.807) is 0 Å². The third-order valence-electron chi connectivity index (χ3n) is 23.2. The second-order valence-electron chi connectivity index (χ2n) is 28.9. The van der Waals surface area contributed by atoms with E-state index in [-0.39, 0.29) is 57.5 Å². The van der Waals surface area contributed by atoms with Crippen LogP contribution >= 0.6 is 0 Å². The fourth-order valence-electron chi connectivity index (χ4n) is 17.8. The molecule has 5 aliphatic carbocycles. The molecule has 0 spiro atoms. The van der Waals surface area contributed by atoms with Gasteiger partial charge in [0, 0.05) is 5.41 Å². The zero-order valence-electron chi connectivity index (χ0n) is 50.0. The van der Waals surface area contributed by atoms with E-state index >= 15 is 0 Å². The van der Waals surface area contributed by atoms with Gasteiger partial charge in [0.1, 0.15) is 104 Å². The quantitative estimate of drug-likeness (QED) is 0.0702. The summed E-state index contributed by atoms with van der Waals surface area (Å²) in [5.74, 6) is -1.26. The maximum atomic E-state index is 12.8. The summed E-state index contributed by atoms with van der Waals surface area (Å²) in [6.07, 6.45) is -34.0. The maximum absolute atomic E-state index is 12.8. The first kappa shape index (κ1) is 66.2. The molecule has 33 atom stereocenters. The molecule has 26 nitrogen and oxygen atoms in total. The number of rotatable bonds is 13. The lowest BCUT2D eigenvalue weighted by atomic mass is 9.33. The van der Waals surface area contributed by atoms with Crippen LogP contribution in [0.25, 0.3) is 0 Å². The Kier molecular flexibility index (Phi) is 18.7. The van der Waals surface area contributed by atoms with Crippen molar-refractivity contribution in [1.29, 1.82) is 0 Å². The number of aliphatic hydroxyl groups is 14. The van der Waals surface area contributed by atoms with E-state index in [1.165, 1.54) is 12.5 Å². The molecule has 4 saturated carbocycles. The second kappa shape index (κ2) is 24.1. The van der Waals surface area contributed by atoms with Crippen LogP contribution in [-0.4, -0.2) is 262 Å². The first-order chi connectivity index (χ1) is 39.7. The molecule has 5 saturated heterocycles. The molecule has 5 heterocycles. The van der Waals surface area contributed by atoms with Gasteiger partial charge >= 0.3 is 5.97 Å². The average Bonchev–Trinajstić information content (AvgIpc) is 0.688. The molecule has 0 radical (unpaired) electrons. The minimum atomic E-state index is -2.16. The molecular formula is C59H96O26. The standard InChI is InChI=1S/C59H96O26/c1-23-33(63)37(67)42(72)50(77-23)85-47-44(82-51-43(73)38(68)35(65)27(20-60)78-51)36(66)28(21-61)79-53(47)84-46-40(70)39(69)45(48(74)75)83-52(46)80-31-13-14-57(7)29(55(31,4)5)12-15-59(9)30(57)11-10-24-25-18-54(2,3)19-32(56(25,6)16-17-58(24,59)8)81-49-41(71)34(64)26(62)22-76-49/h10,23,25-47,49-53,60-73H,11-22H2,1-9H3,(H,74,75)/t23-,25-,26+,27+,28+,29-,30+,31-,32+,33-,34-,35+,36-,37+,38-,39-,40-,41+,42+,43+,44-,45-,46+,47+,49-,50-,51-,52+,53-,56+,57-,58+,59+/m0/s1. The van der Waals surface area contributed by atoms with Gasteiger partial charge < -0.3 is 124 Å². The van der Waals surface area contributed by atoms with Crippen LogP contribution in [0.4, 0.5) is 0 Å². The van der Waals surface area contributed by atoms with Gasteiger partial charge in [-0.3, -0.25) is 0 Å². The zero-order valence-corrected chi connectivity index (χ0v) is 50.0. The van der Waals surface area contributed by atoms with Gasteiger partial charge in [0.15, 0.2) is 37.6 Å². The molecular weight excluding hydrogens is 1120 g/mol. The molecule has 26 heteroatoms. The van der Waals surface area contributed by atoms with Crippen LogP contribution in [0.1, 0.15) is 120 Å². The number of carboxylic acid groups (broad SMARTS) is 1. The number of hydrogen-bond acceptors (Lipinski definition) is 25. The molecule has 10 rings (SSSR count). The Bertz CT molecular complexity index is 2380. The van der Waals surface area contributed by atoms with Crippen molar-refractivity contribution in [2.75, 3.05) is 19.8 Å². The van der Waals surface area contributed by atoms with E-state index in [0.717, 1.165) is 44.9 Å². The molecule has 0 amide bonds. The number of allylic oxidation sites excluding steroid dienone is 2. The van der Waals surface area contributed by atoms with Gasteiger partial charge in [-0.25, -0.2) is 4.79 Å². The summed E-state index contributed by atoms with van der Waals surface area (Å²) in [6.45, 7) is 17.6. The third-order valence-corrected chi connectivity index (χ3v) is 23.2. The number of hydrogen-bond donors (Lipinski definition) is 15. The minimum Gasteiger partial charge on any atom is -0.479 e. The minimum absolute atomic E-state index is 0.0184. The highest BCUT2D eigenvalue weighted by molar-refractivity contribution is 5.73. The maximum Gasteiger partial charge on any atom is 0.335 e. The van der Waals surface area contributed by atoms with Gasteiger partial charge in [0.25, 0.3) is 0 Å². The number of carboxylic acids is 1. The Labute approximate surface area is 494 Å². The largest absolute Gasteiger partial charge is 0.479 e. The van der Waals surface area contributed by atoms with Crippen molar-refractivity contribution in [1.82, 2.24) is 0 Å². The predicted molar refractivity (Wildman–Crippen MR) is 288 cm³/mol. The van der Waals surface area contributed by atoms with Crippen LogP contribution in [0.15, 0.2) is 11.6 Å². The van der Waals surface area contributed by atoms with Crippen LogP contribution < -0.4 is 0 Å². The third kappa shape index (κ3) is 11.1. The van der Waals surface area contributed by atoms with E-state index in [0.29, 0.717) is 12.8 Å². The van der Waals surface area contributed by atoms with Crippen LogP contribution in [-0.2, 0) is 52.2 Å². The highest BCUT2D eigenvalue weighted by Gasteiger charge is 2.70. The van der Waals surface area contributed by atoms with Crippen LogP contribution in [0, 0.1) is 50.2 Å². The summed E-state index contributed by atoms with van der Waals surface area (Å²) in [6, 6.07) is 0.